The normalized spacial score (nSPS) is 17.1. The Labute approximate surface area is 139 Å². The van der Waals surface area contributed by atoms with Gasteiger partial charge in [0.2, 0.25) is 0 Å². The molecule has 1 heterocycles. The molecule has 0 aliphatic carbocycles. The lowest BCUT2D eigenvalue weighted by atomic mass is 10.0. The summed E-state index contributed by atoms with van der Waals surface area (Å²) >= 11 is 0. The summed E-state index contributed by atoms with van der Waals surface area (Å²) in [5, 5.41) is 3.17. The molecular weight excluding hydrogens is 312 g/mol. The average molecular weight is 331 g/mol. The second-order valence-corrected chi connectivity index (χ2v) is 5.62. The van der Waals surface area contributed by atoms with E-state index in [4.69, 9.17) is 10.5 Å². The van der Waals surface area contributed by atoms with E-state index < -0.39 is 11.6 Å². The molecule has 0 radical (unpaired) electrons. The number of para-hydroxylation sites is 1. The first-order valence-electron chi connectivity index (χ1n) is 7.85. The van der Waals surface area contributed by atoms with Gasteiger partial charge < -0.3 is 15.8 Å². The van der Waals surface area contributed by atoms with Crippen LogP contribution >= 0.6 is 0 Å². The molecule has 0 saturated heterocycles. The number of rotatable bonds is 4. The second-order valence-electron chi connectivity index (χ2n) is 5.62. The summed E-state index contributed by atoms with van der Waals surface area (Å²) in [6.45, 7) is 0.889. The van der Waals surface area contributed by atoms with Gasteiger partial charge in [0, 0.05) is 18.5 Å². The third-order valence-corrected chi connectivity index (χ3v) is 3.95. The Morgan fingerprint density at radius 3 is 2.96 bits per heavy atom. The van der Waals surface area contributed by atoms with E-state index in [2.05, 4.69) is 10.3 Å². The van der Waals surface area contributed by atoms with Crippen molar-refractivity contribution in [3.63, 3.8) is 0 Å². The van der Waals surface area contributed by atoms with Gasteiger partial charge in [-0.2, -0.15) is 0 Å². The lowest BCUT2D eigenvalue weighted by Gasteiger charge is -2.26. The summed E-state index contributed by atoms with van der Waals surface area (Å²) in [7, 11) is 0. The van der Waals surface area contributed by atoms with Gasteiger partial charge in [0.05, 0.1) is 12.6 Å². The average Bonchev–Trinajstić information content (AvgIpc) is 2.58. The minimum Gasteiger partial charge on any atom is -0.493 e. The molecule has 0 aromatic heterocycles. The number of benzene rings is 2. The Morgan fingerprint density at radius 1 is 1.25 bits per heavy atom. The summed E-state index contributed by atoms with van der Waals surface area (Å²) < 4.78 is 32.3. The van der Waals surface area contributed by atoms with Crippen molar-refractivity contribution in [2.24, 2.45) is 10.7 Å². The predicted molar refractivity (Wildman–Crippen MR) is 89.0 cm³/mol. The highest BCUT2D eigenvalue weighted by atomic mass is 19.1. The van der Waals surface area contributed by atoms with Crippen LogP contribution < -0.4 is 15.8 Å². The number of nitrogens with two attached hydrogens (primary N) is 1. The van der Waals surface area contributed by atoms with Gasteiger partial charge in [-0.3, -0.25) is 4.99 Å². The van der Waals surface area contributed by atoms with Gasteiger partial charge in [-0.1, -0.05) is 18.2 Å². The van der Waals surface area contributed by atoms with Crippen LogP contribution in [0.2, 0.25) is 0 Å². The van der Waals surface area contributed by atoms with E-state index in [9.17, 15) is 8.78 Å². The molecule has 24 heavy (non-hydrogen) atoms. The third-order valence-electron chi connectivity index (χ3n) is 3.95. The Hall–Kier alpha value is -2.63. The number of nitrogens with one attached hydrogen (secondary N) is 1. The van der Waals surface area contributed by atoms with Crippen LogP contribution in [0.15, 0.2) is 47.5 Å². The minimum atomic E-state index is -0.458. The Morgan fingerprint density at radius 2 is 2.08 bits per heavy atom. The molecule has 6 heteroatoms. The number of fused-ring (bicyclic) bond motifs is 1. The summed E-state index contributed by atoms with van der Waals surface area (Å²) in [5.74, 6) is 0.237. The first-order chi connectivity index (χ1) is 11.6. The third kappa shape index (κ3) is 3.82. The molecule has 2 aromatic rings. The molecule has 1 aliphatic heterocycles. The summed E-state index contributed by atoms with van der Waals surface area (Å²) in [6.07, 6.45) is 1.07. The molecule has 1 unspecified atom stereocenters. The smallest absolute Gasteiger partial charge is 0.189 e. The second kappa shape index (κ2) is 7.29. The van der Waals surface area contributed by atoms with E-state index in [0.29, 0.717) is 12.2 Å². The molecule has 2 aromatic carbocycles. The number of nitrogens with zero attached hydrogens (tertiary/aromatic N) is 1. The van der Waals surface area contributed by atoms with Crippen LogP contribution in [0.25, 0.3) is 0 Å². The molecule has 0 saturated carbocycles. The van der Waals surface area contributed by atoms with Gasteiger partial charge in [0.1, 0.15) is 17.4 Å². The standard InChI is InChI=1S/C18H19F2N3O/c19-13-5-6-15(20)12(11-13)7-9-22-18(21)23-16-8-10-24-17-4-2-1-3-14(16)17/h1-6,11,16H,7-10H2,(H3,21,22,23). The Balaban J connectivity index is 1.60. The number of ether oxygens (including phenoxy) is 1. The van der Waals surface area contributed by atoms with Gasteiger partial charge in [-0.15, -0.1) is 0 Å². The first-order valence-corrected chi connectivity index (χ1v) is 7.85. The SMILES string of the molecule is NC(=NCCc1cc(F)ccc1F)NC1CCOc2ccccc21. The number of aliphatic imine (C=N–C) groups is 1. The monoisotopic (exact) mass is 331 g/mol. The number of hydrogen-bond acceptors (Lipinski definition) is 2. The largest absolute Gasteiger partial charge is 0.493 e. The van der Waals surface area contributed by atoms with Crippen molar-refractivity contribution in [2.45, 2.75) is 18.9 Å². The fourth-order valence-corrected chi connectivity index (χ4v) is 2.75. The highest BCUT2D eigenvalue weighted by molar-refractivity contribution is 5.78. The van der Waals surface area contributed by atoms with Gasteiger partial charge in [0.15, 0.2) is 5.96 Å². The van der Waals surface area contributed by atoms with Crippen molar-refractivity contribution in [1.29, 1.82) is 0 Å². The first kappa shape index (κ1) is 16.2. The van der Waals surface area contributed by atoms with Crippen molar-refractivity contribution in [1.82, 2.24) is 5.32 Å². The van der Waals surface area contributed by atoms with Crippen molar-refractivity contribution >= 4 is 5.96 Å². The van der Waals surface area contributed by atoms with Gasteiger partial charge in [0.25, 0.3) is 0 Å². The molecule has 0 bridgehead atoms. The quantitative estimate of drug-likeness (QED) is 0.669. The Bertz CT molecular complexity index is 749. The molecule has 3 N–H and O–H groups in total. The van der Waals surface area contributed by atoms with Crippen LogP contribution in [0.4, 0.5) is 8.78 Å². The lowest BCUT2D eigenvalue weighted by Crippen LogP contribution is -2.37. The number of hydrogen-bond donors (Lipinski definition) is 2. The predicted octanol–water partition coefficient (Wildman–Crippen LogP) is 2.94. The maximum Gasteiger partial charge on any atom is 0.189 e. The van der Waals surface area contributed by atoms with Crippen LogP contribution in [0.5, 0.6) is 5.75 Å². The highest BCUT2D eigenvalue weighted by Gasteiger charge is 2.21. The van der Waals surface area contributed by atoms with Crippen LogP contribution in [-0.2, 0) is 6.42 Å². The fraction of sp³-hybridized carbons (Fsp3) is 0.278. The summed E-state index contributed by atoms with van der Waals surface area (Å²) in [6, 6.07) is 11.2. The zero-order valence-electron chi connectivity index (χ0n) is 13.1. The highest BCUT2D eigenvalue weighted by Crippen LogP contribution is 2.31. The van der Waals surface area contributed by atoms with Gasteiger partial charge >= 0.3 is 0 Å². The zero-order valence-corrected chi connectivity index (χ0v) is 13.1. The van der Waals surface area contributed by atoms with E-state index in [1.165, 1.54) is 6.07 Å². The van der Waals surface area contributed by atoms with E-state index in [1.54, 1.807) is 0 Å². The van der Waals surface area contributed by atoms with Crippen LogP contribution in [0.3, 0.4) is 0 Å². The fourth-order valence-electron chi connectivity index (χ4n) is 2.75. The maximum atomic E-state index is 13.6. The van der Waals surface area contributed by atoms with Crippen molar-refractivity contribution in [2.75, 3.05) is 13.2 Å². The molecule has 0 amide bonds. The topological polar surface area (TPSA) is 59.6 Å². The molecule has 0 fully saturated rings. The van der Waals surface area contributed by atoms with Crippen molar-refractivity contribution in [3.8, 4) is 5.75 Å². The van der Waals surface area contributed by atoms with Crippen LogP contribution in [-0.4, -0.2) is 19.1 Å². The van der Waals surface area contributed by atoms with Crippen molar-refractivity contribution in [3.05, 3.63) is 65.2 Å². The van der Waals surface area contributed by atoms with E-state index in [1.807, 2.05) is 24.3 Å². The molecule has 0 spiro atoms. The van der Waals surface area contributed by atoms with Gasteiger partial charge in [-0.25, -0.2) is 8.78 Å². The van der Waals surface area contributed by atoms with E-state index in [-0.39, 0.29) is 25.0 Å². The molecule has 3 rings (SSSR count). The maximum absolute atomic E-state index is 13.6. The lowest BCUT2D eigenvalue weighted by molar-refractivity contribution is 0.262. The van der Waals surface area contributed by atoms with E-state index in [0.717, 1.165) is 29.9 Å². The Kier molecular flexibility index (Phi) is 4.93. The van der Waals surface area contributed by atoms with Crippen molar-refractivity contribution < 1.29 is 13.5 Å². The molecule has 126 valence electrons. The molecule has 1 aliphatic rings. The van der Waals surface area contributed by atoms with Crippen LogP contribution in [0, 0.1) is 11.6 Å². The molecular formula is C18H19F2N3O. The zero-order chi connectivity index (χ0) is 16.9. The van der Waals surface area contributed by atoms with Crippen LogP contribution in [0.1, 0.15) is 23.6 Å². The number of halogens is 2. The molecule has 4 nitrogen and oxygen atoms in total. The molecule has 1 atom stereocenters. The minimum absolute atomic E-state index is 0.0320. The summed E-state index contributed by atoms with van der Waals surface area (Å²) in [4.78, 5) is 4.21. The number of guanidine groups is 1. The van der Waals surface area contributed by atoms with Gasteiger partial charge in [-0.05, 0) is 36.2 Å². The van der Waals surface area contributed by atoms with E-state index >= 15 is 0 Å². The summed E-state index contributed by atoms with van der Waals surface area (Å²) in [5.41, 5.74) is 7.26.